The normalized spacial score (nSPS) is 12.1. The zero-order chi connectivity index (χ0) is 18.8. The fourth-order valence-electron chi connectivity index (χ4n) is 2.62. The quantitative estimate of drug-likeness (QED) is 0.675. The van der Waals surface area contributed by atoms with Crippen molar-refractivity contribution in [2.75, 3.05) is 24.5 Å². The van der Waals surface area contributed by atoms with Gasteiger partial charge in [-0.2, -0.15) is 0 Å². The molecule has 2 aromatic heterocycles. The van der Waals surface area contributed by atoms with Crippen LogP contribution in [0.1, 0.15) is 5.56 Å². The molecule has 0 bridgehead atoms. The van der Waals surface area contributed by atoms with Crippen LogP contribution in [0.2, 0.25) is 5.02 Å². The Hall–Kier alpha value is -2.84. The van der Waals surface area contributed by atoms with Crippen molar-refractivity contribution in [2.45, 2.75) is 6.42 Å². The number of anilines is 2. The van der Waals surface area contributed by atoms with Gasteiger partial charge in [0.25, 0.3) is 0 Å². The van der Waals surface area contributed by atoms with E-state index in [1.807, 2.05) is 17.5 Å². The summed E-state index contributed by atoms with van der Waals surface area (Å²) in [6.07, 6.45) is 1.82. The van der Waals surface area contributed by atoms with E-state index in [1.165, 1.54) is 11.3 Å². The number of benzene rings is 1. The van der Waals surface area contributed by atoms with Gasteiger partial charge in [-0.15, -0.1) is 11.3 Å². The molecule has 0 saturated heterocycles. The number of thiazole rings is 1. The molecule has 0 radical (unpaired) electrons. The molecule has 4 rings (SSSR count). The number of nitrogens with one attached hydrogen (secondary N) is 2. The van der Waals surface area contributed by atoms with Gasteiger partial charge in [-0.05, 0) is 23.8 Å². The Bertz CT molecular complexity index is 1010. The molecule has 7 nitrogen and oxygen atoms in total. The van der Waals surface area contributed by atoms with Crippen LogP contribution in [0.25, 0.3) is 11.3 Å². The van der Waals surface area contributed by atoms with Crippen LogP contribution in [0.3, 0.4) is 0 Å². The molecule has 2 N–H and O–H groups in total. The Morgan fingerprint density at radius 3 is 2.93 bits per heavy atom. The Labute approximate surface area is 164 Å². The van der Waals surface area contributed by atoms with Crippen molar-refractivity contribution in [1.82, 2.24) is 9.97 Å². The lowest BCUT2D eigenvalue weighted by Crippen LogP contribution is -2.14. The van der Waals surface area contributed by atoms with Crippen molar-refractivity contribution in [2.24, 2.45) is 0 Å². The van der Waals surface area contributed by atoms with Crippen LogP contribution in [0, 0.1) is 0 Å². The minimum atomic E-state index is -0.206. The van der Waals surface area contributed by atoms with Gasteiger partial charge in [-0.25, -0.2) is 9.97 Å². The highest BCUT2D eigenvalue weighted by molar-refractivity contribution is 7.14. The third-order valence-corrected chi connectivity index (χ3v) is 5.06. The molecule has 3 heterocycles. The number of halogens is 1. The lowest BCUT2D eigenvalue weighted by molar-refractivity contribution is -0.115. The number of nitrogens with zero attached hydrogens (tertiary/aromatic N) is 2. The van der Waals surface area contributed by atoms with Crippen LogP contribution in [0.5, 0.6) is 11.5 Å². The van der Waals surface area contributed by atoms with Crippen molar-refractivity contribution < 1.29 is 14.3 Å². The third kappa shape index (κ3) is 3.81. The minimum absolute atomic E-state index is 0.115. The second-order valence-corrected chi connectivity index (χ2v) is 7.00. The van der Waals surface area contributed by atoms with Crippen LogP contribution < -0.4 is 20.1 Å². The molecule has 1 aliphatic rings. The summed E-state index contributed by atoms with van der Waals surface area (Å²) < 4.78 is 10.6. The van der Waals surface area contributed by atoms with Gasteiger partial charge < -0.3 is 20.1 Å². The summed E-state index contributed by atoms with van der Waals surface area (Å²) in [5.74, 6) is 1.73. The maximum Gasteiger partial charge on any atom is 0.231 e. The van der Waals surface area contributed by atoms with E-state index in [-0.39, 0.29) is 19.1 Å². The fourth-order valence-corrected chi connectivity index (χ4v) is 3.58. The molecule has 0 unspecified atom stereocenters. The van der Waals surface area contributed by atoms with E-state index in [0.29, 0.717) is 27.2 Å². The van der Waals surface area contributed by atoms with Crippen LogP contribution in [-0.2, 0) is 11.2 Å². The van der Waals surface area contributed by atoms with Gasteiger partial charge >= 0.3 is 0 Å². The Kier molecular flexibility index (Phi) is 4.83. The number of aromatic nitrogens is 2. The molecule has 0 aliphatic carbocycles. The number of hydrogen-bond acceptors (Lipinski definition) is 7. The Balaban J connectivity index is 1.45. The standard InChI is InChI=1S/C18H15ClN4O3S/c1-20-16-5-10(2-3-21-16)13-8-27-18(22-13)23-17(24)6-11-4-14-15(7-12(11)19)26-9-25-14/h2-5,7-8H,6,9H2,1H3,(H,20,21)(H,22,23,24). The topological polar surface area (TPSA) is 85.4 Å². The summed E-state index contributed by atoms with van der Waals surface area (Å²) in [5.41, 5.74) is 2.36. The number of rotatable bonds is 5. The molecule has 0 atom stereocenters. The number of pyridine rings is 1. The number of carbonyl (C=O) groups is 1. The van der Waals surface area contributed by atoms with Crippen LogP contribution in [0.4, 0.5) is 10.9 Å². The molecule has 138 valence electrons. The molecule has 1 amide bonds. The van der Waals surface area contributed by atoms with Gasteiger partial charge in [0, 0.05) is 35.3 Å². The second kappa shape index (κ2) is 7.42. The van der Waals surface area contributed by atoms with E-state index in [4.69, 9.17) is 21.1 Å². The zero-order valence-corrected chi connectivity index (χ0v) is 15.9. The van der Waals surface area contributed by atoms with Crippen molar-refractivity contribution in [3.05, 3.63) is 46.4 Å². The highest BCUT2D eigenvalue weighted by Crippen LogP contribution is 2.37. The minimum Gasteiger partial charge on any atom is -0.454 e. The molecule has 0 spiro atoms. The third-order valence-electron chi connectivity index (χ3n) is 3.95. The maximum absolute atomic E-state index is 12.4. The van der Waals surface area contributed by atoms with Crippen LogP contribution >= 0.6 is 22.9 Å². The number of carbonyl (C=O) groups excluding carboxylic acids is 1. The predicted molar refractivity (Wildman–Crippen MR) is 105 cm³/mol. The van der Waals surface area contributed by atoms with Crippen molar-refractivity contribution in [3.8, 4) is 22.8 Å². The van der Waals surface area contributed by atoms with Gasteiger partial charge in [0.2, 0.25) is 12.7 Å². The van der Waals surface area contributed by atoms with Gasteiger partial charge in [0.15, 0.2) is 16.6 Å². The molecule has 27 heavy (non-hydrogen) atoms. The number of ether oxygens (including phenoxy) is 2. The Morgan fingerprint density at radius 2 is 2.11 bits per heavy atom. The molecular weight excluding hydrogens is 388 g/mol. The first kappa shape index (κ1) is 17.6. The van der Waals surface area contributed by atoms with Crippen molar-refractivity contribution in [1.29, 1.82) is 0 Å². The predicted octanol–water partition coefficient (Wildman–Crippen LogP) is 3.81. The van der Waals surface area contributed by atoms with E-state index >= 15 is 0 Å². The summed E-state index contributed by atoms with van der Waals surface area (Å²) >= 11 is 7.59. The van der Waals surface area contributed by atoms with Gasteiger partial charge in [-0.3, -0.25) is 4.79 Å². The first-order valence-corrected chi connectivity index (χ1v) is 9.36. The molecule has 9 heteroatoms. The lowest BCUT2D eigenvalue weighted by atomic mass is 10.1. The van der Waals surface area contributed by atoms with E-state index in [1.54, 1.807) is 25.4 Å². The van der Waals surface area contributed by atoms with E-state index in [2.05, 4.69) is 20.6 Å². The largest absolute Gasteiger partial charge is 0.454 e. The smallest absolute Gasteiger partial charge is 0.231 e. The molecule has 1 aliphatic heterocycles. The van der Waals surface area contributed by atoms with E-state index in [9.17, 15) is 4.79 Å². The van der Waals surface area contributed by atoms with Crippen molar-refractivity contribution >= 4 is 39.8 Å². The number of hydrogen-bond donors (Lipinski definition) is 2. The summed E-state index contributed by atoms with van der Waals surface area (Å²) in [7, 11) is 1.81. The first-order chi connectivity index (χ1) is 13.1. The summed E-state index contributed by atoms with van der Waals surface area (Å²) in [6, 6.07) is 7.16. The zero-order valence-electron chi connectivity index (χ0n) is 14.3. The van der Waals surface area contributed by atoms with E-state index in [0.717, 1.165) is 17.1 Å². The van der Waals surface area contributed by atoms with Gasteiger partial charge in [-0.1, -0.05) is 11.6 Å². The highest BCUT2D eigenvalue weighted by Gasteiger charge is 2.18. The molecule has 1 aromatic carbocycles. The number of fused-ring (bicyclic) bond motifs is 1. The second-order valence-electron chi connectivity index (χ2n) is 5.74. The monoisotopic (exact) mass is 402 g/mol. The van der Waals surface area contributed by atoms with Crippen molar-refractivity contribution in [3.63, 3.8) is 0 Å². The van der Waals surface area contributed by atoms with Gasteiger partial charge in [0.05, 0.1) is 12.1 Å². The summed E-state index contributed by atoms with van der Waals surface area (Å²) in [6.45, 7) is 0.160. The molecule has 3 aromatic rings. The maximum atomic E-state index is 12.4. The average molecular weight is 403 g/mol. The molecule has 0 saturated carbocycles. The lowest BCUT2D eigenvalue weighted by Gasteiger charge is -2.06. The number of amides is 1. The molecular formula is C18H15ClN4O3S. The van der Waals surface area contributed by atoms with Gasteiger partial charge in [0.1, 0.15) is 5.82 Å². The Morgan fingerprint density at radius 1 is 1.30 bits per heavy atom. The SMILES string of the molecule is CNc1cc(-c2csc(NC(=O)Cc3cc4c(cc3Cl)OCO4)n2)ccn1. The van der Waals surface area contributed by atoms with Crippen LogP contribution in [0.15, 0.2) is 35.8 Å². The summed E-state index contributed by atoms with van der Waals surface area (Å²) in [4.78, 5) is 21.0. The highest BCUT2D eigenvalue weighted by atomic mass is 35.5. The fraction of sp³-hybridized carbons (Fsp3) is 0.167. The first-order valence-electron chi connectivity index (χ1n) is 8.10. The molecule has 0 fully saturated rings. The average Bonchev–Trinajstić information content (AvgIpc) is 3.31. The van der Waals surface area contributed by atoms with E-state index < -0.39 is 0 Å². The summed E-state index contributed by atoms with van der Waals surface area (Å²) in [5, 5.41) is 8.67. The van der Waals surface area contributed by atoms with Crippen LogP contribution in [-0.4, -0.2) is 29.7 Å².